The second-order valence-corrected chi connectivity index (χ2v) is 106. The molecule has 12 heteroatoms. The summed E-state index contributed by atoms with van der Waals surface area (Å²) in [5, 5.41) is 0. The Bertz CT molecular complexity index is 533. The molecule has 0 aromatic heterocycles. The average molecular weight is 588 g/mol. The maximum atomic E-state index is 11.9. The summed E-state index contributed by atoms with van der Waals surface area (Å²) in [6.45, 7) is 17.5. The van der Waals surface area contributed by atoms with E-state index in [0.717, 1.165) is 0 Å². The molecule has 2 N–H and O–H groups in total. The molecular formula is C12H26Cl2N2O2Ti6. The molecule has 1 rings (SSSR count). The molecule has 1 heterocycles. The van der Waals surface area contributed by atoms with E-state index in [1.165, 1.54) is 0 Å². The van der Waals surface area contributed by atoms with Crippen molar-refractivity contribution >= 4 is 30.4 Å². The zero-order valence-corrected chi connectivity index (χ0v) is 26.5. The van der Waals surface area contributed by atoms with Crippen LogP contribution in [0.3, 0.4) is 0 Å². The van der Waals surface area contributed by atoms with Crippen molar-refractivity contribution in [2.24, 2.45) is 0 Å². The van der Waals surface area contributed by atoms with Crippen LogP contribution in [0.1, 0.15) is 55.4 Å². The summed E-state index contributed by atoms with van der Waals surface area (Å²) in [6, 6.07) is 0. The summed E-state index contributed by atoms with van der Waals surface area (Å²) < 4.78 is 7.10. The van der Waals surface area contributed by atoms with Crippen molar-refractivity contribution in [3.8, 4) is 0 Å². The topological polar surface area (TPSA) is 58.2 Å². The molecule has 0 aliphatic carbocycles. The zero-order valence-electron chi connectivity index (χ0n) is 15.6. The summed E-state index contributed by atoms with van der Waals surface area (Å²) >= 11 is -2.98. The SMILES string of the molecule is CC(=O)[NH][Ti]1[Ti][Ti]([C](C)(C)C)([C](C)(C)C)[Ti][Ti]([Cl])([Cl])([NH]C(C)=O)[Ti]1. The molecule has 0 aromatic carbocycles. The fourth-order valence-corrected chi connectivity index (χ4v) is 492. The molecule has 0 atom stereocenters. The van der Waals surface area contributed by atoms with Crippen molar-refractivity contribution in [3.05, 3.63) is 0 Å². The molecule has 24 heavy (non-hydrogen) atoms. The molecule has 0 saturated carbocycles. The van der Waals surface area contributed by atoms with Crippen molar-refractivity contribution in [1.82, 2.24) is 7.60 Å². The first-order chi connectivity index (χ1) is 10.4. The van der Waals surface area contributed by atoms with Gasteiger partial charge in [0.2, 0.25) is 0 Å². The van der Waals surface area contributed by atoms with E-state index in [0.29, 0.717) is 0 Å². The van der Waals surface area contributed by atoms with E-state index >= 15 is 0 Å². The number of hydrogen-bond acceptors (Lipinski definition) is 2. The van der Waals surface area contributed by atoms with E-state index < -0.39 is 54.4 Å². The average Bonchev–Trinajstić information content (AvgIpc) is 2.20. The Morgan fingerprint density at radius 3 is 1.79 bits per heavy atom. The van der Waals surface area contributed by atoms with E-state index in [-0.39, 0.29) is 32.0 Å². The third kappa shape index (κ3) is 6.40. The van der Waals surface area contributed by atoms with Crippen LogP contribution in [0.15, 0.2) is 0 Å². The van der Waals surface area contributed by atoms with E-state index in [1.54, 1.807) is 13.8 Å². The van der Waals surface area contributed by atoms with Gasteiger partial charge < -0.3 is 0 Å². The van der Waals surface area contributed by atoms with Crippen molar-refractivity contribution < 1.29 is 76.7 Å². The van der Waals surface area contributed by atoms with Crippen LogP contribution in [0.5, 0.6) is 0 Å². The van der Waals surface area contributed by atoms with Crippen molar-refractivity contribution in [2.45, 2.75) is 62.8 Å². The van der Waals surface area contributed by atoms with Crippen LogP contribution < -0.4 is 7.60 Å². The molecule has 1 aliphatic rings. The second-order valence-electron chi connectivity index (χ2n) is 8.38. The Hall–Kier alpha value is 3.81. The first-order valence-electron chi connectivity index (χ1n) is 7.79. The van der Waals surface area contributed by atoms with E-state index in [2.05, 4.69) is 49.1 Å². The molecule has 0 spiro atoms. The molecule has 0 unspecified atom stereocenters. The van der Waals surface area contributed by atoms with Crippen LogP contribution >= 0.6 is 18.6 Å². The Labute approximate surface area is 173 Å². The van der Waals surface area contributed by atoms with Crippen LogP contribution in [0.25, 0.3) is 0 Å². The quantitative estimate of drug-likeness (QED) is 0.479. The standard InChI is InChI=1S/2C4H9.2C2H5NO.2ClH.6Ti/c2*1-4(2)3;2*1-2(3)4;;;;;;;;/h2*1-3H3;2*1H3,(H2,3,4);2*1H;;;;;;/q;;;;;;;;;;+1;+3/p-4. The van der Waals surface area contributed by atoms with Crippen molar-refractivity contribution in [3.63, 3.8) is 0 Å². The van der Waals surface area contributed by atoms with Gasteiger partial charge in [-0.3, -0.25) is 0 Å². The molecule has 0 radical (unpaired) electrons. The summed E-state index contributed by atoms with van der Waals surface area (Å²) in [4.78, 5) is 23.7. The number of hydrogen-bond donors (Lipinski definition) is 2. The fourth-order valence-electron chi connectivity index (χ4n) is 3.32. The normalized spacial score (nSPS) is 23.4. The predicted octanol–water partition coefficient (Wildman–Crippen LogP) is 4.05. The van der Waals surface area contributed by atoms with Gasteiger partial charge in [-0.1, -0.05) is 0 Å². The van der Waals surface area contributed by atoms with Crippen LogP contribution in [0.4, 0.5) is 0 Å². The molecule has 1 fully saturated rings. The van der Waals surface area contributed by atoms with Crippen molar-refractivity contribution in [2.75, 3.05) is 0 Å². The minimum atomic E-state index is -3.91. The van der Waals surface area contributed by atoms with Crippen molar-refractivity contribution in [1.29, 1.82) is 0 Å². The van der Waals surface area contributed by atoms with Gasteiger partial charge in [0.25, 0.3) is 0 Å². The summed E-state index contributed by atoms with van der Waals surface area (Å²) in [6.07, 6.45) is 0. The fraction of sp³-hybridized carbons (Fsp3) is 0.833. The number of carbonyl (C=O) groups excluding carboxylic acids is 2. The van der Waals surface area contributed by atoms with Gasteiger partial charge in [0.15, 0.2) is 0 Å². The molecule has 134 valence electrons. The first-order valence-corrected chi connectivity index (χ1v) is 39.2. The number of nitrogens with one attached hydrogen (secondary N) is 2. The Kier molecular flexibility index (Phi) is 9.16. The van der Waals surface area contributed by atoms with Crippen LogP contribution in [0.2, 0.25) is 7.44 Å². The molecule has 1 saturated heterocycles. The number of carbonyl (C=O) groups is 2. The van der Waals surface area contributed by atoms with Crippen LogP contribution in [0, 0.1) is 0 Å². The molecule has 0 aromatic rings. The Balaban J connectivity index is 3.54. The molecular weight excluding hydrogens is 562 g/mol. The Morgan fingerprint density at radius 2 is 1.46 bits per heavy atom. The second kappa shape index (κ2) is 8.51. The Morgan fingerprint density at radius 1 is 1.00 bits per heavy atom. The van der Waals surface area contributed by atoms with Gasteiger partial charge in [0.05, 0.1) is 0 Å². The van der Waals surface area contributed by atoms with Gasteiger partial charge in [0.1, 0.15) is 0 Å². The zero-order chi connectivity index (χ0) is 19.2. The molecule has 2 amide bonds. The molecule has 0 bridgehead atoms. The maximum absolute atomic E-state index is 11.9. The third-order valence-corrected chi connectivity index (χ3v) is 219. The minimum absolute atomic E-state index is 0.0640. The number of rotatable bonds is 2. The van der Waals surface area contributed by atoms with Gasteiger partial charge in [-0.05, 0) is 0 Å². The predicted molar refractivity (Wildman–Crippen MR) is 78.8 cm³/mol. The van der Waals surface area contributed by atoms with Gasteiger partial charge in [0, 0.05) is 0 Å². The van der Waals surface area contributed by atoms with E-state index in [4.69, 9.17) is 18.6 Å². The molecule has 1 aliphatic heterocycles. The number of amides is 2. The van der Waals surface area contributed by atoms with Gasteiger partial charge in [-0.2, -0.15) is 0 Å². The van der Waals surface area contributed by atoms with Gasteiger partial charge in [-0.25, -0.2) is 0 Å². The van der Waals surface area contributed by atoms with E-state index in [1.807, 2.05) is 0 Å². The van der Waals surface area contributed by atoms with Gasteiger partial charge in [-0.15, -0.1) is 0 Å². The monoisotopic (exact) mass is 588 g/mol. The third-order valence-electron chi connectivity index (χ3n) is 4.01. The van der Waals surface area contributed by atoms with Crippen LogP contribution in [-0.2, 0) is 76.7 Å². The van der Waals surface area contributed by atoms with E-state index in [9.17, 15) is 9.59 Å². The summed E-state index contributed by atoms with van der Waals surface area (Å²) in [5.41, 5.74) is 0. The number of halogens is 2. The van der Waals surface area contributed by atoms with Crippen LogP contribution in [-0.4, -0.2) is 11.8 Å². The summed E-state index contributed by atoms with van der Waals surface area (Å²) in [5.74, 6) is 0.0228. The first kappa shape index (κ1) is 25.8. The summed E-state index contributed by atoms with van der Waals surface area (Å²) in [7, 11) is 8.27. The van der Waals surface area contributed by atoms with Gasteiger partial charge >= 0.3 is 178 Å². The molecule has 4 nitrogen and oxygen atoms in total.